The molecule has 9 unspecified atom stereocenters. The molecule has 0 aliphatic carbocycles. The van der Waals surface area contributed by atoms with E-state index in [0.29, 0.717) is 0 Å². The van der Waals surface area contributed by atoms with E-state index in [4.69, 9.17) is 33.2 Å². The molecule has 0 spiro atoms. The lowest BCUT2D eigenvalue weighted by atomic mass is 9.88. The second kappa shape index (κ2) is 15.4. The van der Waals surface area contributed by atoms with Gasteiger partial charge in [0.25, 0.3) is 0 Å². The minimum Gasteiger partial charge on any atom is -0.394 e. The van der Waals surface area contributed by atoms with Gasteiger partial charge in [-0.25, -0.2) is 0 Å². The average molecular weight is 679 g/mol. The van der Waals surface area contributed by atoms with Gasteiger partial charge in [0.15, 0.2) is 25.2 Å². The van der Waals surface area contributed by atoms with Gasteiger partial charge >= 0.3 is 0 Å². The predicted octanol–water partition coefficient (Wildman–Crippen LogP) is -8.08. The summed E-state index contributed by atoms with van der Waals surface area (Å²) >= 11 is 0. The molecule has 20 atom stereocenters. The standard InChI is InChI=1S/C26H46O20/c1-7-11(31)18(10(5-29)40-22(7)39)43-24-17(37)19(21(38)26(2,6-30)46-24)44-25-20(15(35)13(33)9(4-28)42-25)45-23-16(36)14(34)12(32)8(3-27)41-23/h7-25,27-39H,3-6H2,1-2H3/t7?,8-,9-,10?,11+,12+,13+,14?,15?,16?,17?,18+,19+,20?,21-,22?,23+,24+,25+,26?/m0/s1. The van der Waals surface area contributed by atoms with Crippen molar-refractivity contribution in [1.29, 1.82) is 0 Å². The Hall–Kier alpha value is -0.800. The topological polar surface area (TPSA) is 328 Å². The molecule has 46 heavy (non-hydrogen) atoms. The molecule has 20 heteroatoms. The van der Waals surface area contributed by atoms with E-state index in [1.165, 1.54) is 13.8 Å². The van der Waals surface area contributed by atoms with Crippen LogP contribution in [0.15, 0.2) is 0 Å². The second-order valence-corrected chi connectivity index (χ2v) is 12.2. The van der Waals surface area contributed by atoms with Crippen LogP contribution in [0.1, 0.15) is 13.8 Å². The van der Waals surface area contributed by atoms with Gasteiger partial charge in [0, 0.05) is 5.92 Å². The Morgan fingerprint density at radius 2 is 1.04 bits per heavy atom. The van der Waals surface area contributed by atoms with Crippen molar-refractivity contribution in [2.45, 2.75) is 130 Å². The molecule has 0 aromatic rings. The van der Waals surface area contributed by atoms with E-state index in [1.807, 2.05) is 0 Å². The molecule has 270 valence electrons. The SMILES string of the molecule is CC1C(O)OC(CO)[C@@H](O[C@@H]2OC(C)(CO)[C@@H](O)[C@H](O[C@H]3O[C@@H](CO)[C@@H](O)C(O)C3O[C@H]3O[C@@H](CO)[C@@H](O)C(O)C3O)C2O)[C@@H]1O. The molecule has 0 bridgehead atoms. The van der Waals surface area contributed by atoms with E-state index in [2.05, 4.69) is 0 Å². The van der Waals surface area contributed by atoms with E-state index in [1.54, 1.807) is 0 Å². The number of ether oxygens (including phenoxy) is 7. The van der Waals surface area contributed by atoms with Gasteiger partial charge in [-0.1, -0.05) is 6.92 Å². The van der Waals surface area contributed by atoms with Crippen molar-refractivity contribution in [1.82, 2.24) is 0 Å². The third-order valence-corrected chi connectivity index (χ3v) is 8.98. The van der Waals surface area contributed by atoms with Crippen molar-refractivity contribution in [3.8, 4) is 0 Å². The zero-order valence-electron chi connectivity index (χ0n) is 25.0. The van der Waals surface area contributed by atoms with Gasteiger partial charge in [-0.05, 0) is 6.92 Å². The molecule has 4 fully saturated rings. The third-order valence-electron chi connectivity index (χ3n) is 8.98. The third kappa shape index (κ3) is 7.22. The van der Waals surface area contributed by atoms with Crippen molar-refractivity contribution in [3.63, 3.8) is 0 Å². The maximum atomic E-state index is 11.3. The van der Waals surface area contributed by atoms with Crippen LogP contribution >= 0.6 is 0 Å². The van der Waals surface area contributed by atoms with Crippen molar-refractivity contribution in [2.24, 2.45) is 5.92 Å². The summed E-state index contributed by atoms with van der Waals surface area (Å²) in [5.41, 5.74) is -1.94. The minimum absolute atomic E-state index is 0.732. The van der Waals surface area contributed by atoms with Crippen LogP contribution in [-0.4, -0.2) is 209 Å². The van der Waals surface area contributed by atoms with Crippen LogP contribution in [0.4, 0.5) is 0 Å². The quantitative estimate of drug-likeness (QED) is 0.102. The van der Waals surface area contributed by atoms with Gasteiger partial charge in [0.2, 0.25) is 0 Å². The number of hydrogen-bond acceptors (Lipinski definition) is 20. The molecule has 20 nitrogen and oxygen atoms in total. The Balaban J connectivity index is 1.61. The maximum Gasteiger partial charge on any atom is 0.187 e. The van der Waals surface area contributed by atoms with Crippen LogP contribution in [-0.2, 0) is 33.2 Å². The van der Waals surface area contributed by atoms with Crippen LogP contribution in [0.3, 0.4) is 0 Å². The number of rotatable bonds is 10. The number of aliphatic hydroxyl groups is 13. The monoisotopic (exact) mass is 678 g/mol. The zero-order chi connectivity index (χ0) is 34.2. The highest BCUT2D eigenvalue weighted by molar-refractivity contribution is 5.01. The zero-order valence-corrected chi connectivity index (χ0v) is 25.0. The lowest BCUT2D eigenvalue weighted by molar-refractivity contribution is -0.404. The first-order valence-corrected chi connectivity index (χ1v) is 14.8. The van der Waals surface area contributed by atoms with E-state index in [-0.39, 0.29) is 0 Å². The maximum absolute atomic E-state index is 11.3. The highest BCUT2D eigenvalue weighted by atomic mass is 16.8. The van der Waals surface area contributed by atoms with Crippen molar-refractivity contribution < 1.29 is 99.5 Å². The fourth-order valence-corrected chi connectivity index (χ4v) is 5.83. The summed E-state index contributed by atoms with van der Waals surface area (Å²) in [6.07, 6.45) is -31.2. The molecule has 4 heterocycles. The Kier molecular flexibility index (Phi) is 12.7. The van der Waals surface area contributed by atoms with Crippen LogP contribution in [0.25, 0.3) is 0 Å². The molecular formula is C26H46O20. The van der Waals surface area contributed by atoms with E-state index in [9.17, 15) is 66.4 Å². The predicted molar refractivity (Wildman–Crippen MR) is 142 cm³/mol. The highest BCUT2D eigenvalue weighted by Crippen LogP contribution is 2.38. The normalized spacial score (nSPS) is 53.7. The second-order valence-electron chi connectivity index (χ2n) is 12.2. The van der Waals surface area contributed by atoms with Gasteiger partial charge in [-0.15, -0.1) is 0 Å². The van der Waals surface area contributed by atoms with E-state index in [0.717, 1.165) is 0 Å². The van der Waals surface area contributed by atoms with Gasteiger partial charge in [0.1, 0.15) is 85.0 Å². The van der Waals surface area contributed by atoms with Gasteiger partial charge in [-0.2, -0.15) is 0 Å². The van der Waals surface area contributed by atoms with Crippen LogP contribution < -0.4 is 0 Å². The molecule has 0 aromatic carbocycles. The fraction of sp³-hybridized carbons (Fsp3) is 1.00. The molecule has 4 saturated heterocycles. The molecule has 0 radical (unpaired) electrons. The van der Waals surface area contributed by atoms with Crippen molar-refractivity contribution >= 4 is 0 Å². The summed E-state index contributed by atoms with van der Waals surface area (Å²) in [6.45, 7) is -0.655. The Morgan fingerprint density at radius 1 is 0.522 bits per heavy atom. The molecule has 0 saturated carbocycles. The van der Waals surface area contributed by atoms with Crippen molar-refractivity contribution in [3.05, 3.63) is 0 Å². The molecule has 13 N–H and O–H groups in total. The molecule has 0 amide bonds. The Morgan fingerprint density at radius 3 is 1.61 bits per heavy atom. The number of aliphatic hydroxyl groups excluding tert-OH is 13. The van der Waals surface area contributed by atoms with Gasteiger partial charge < -0.3 is 99.5 Å². The Labute approximate surface area is 262 Å². The molecule has 4 aliphatic rings. The van der Waals surface area contributed by atoms with E-state index >= 15 is 0 Å². The summed E-state index contributed by atoms with van der Waals surface area (Å²) in [5.74, 6) is -0.922. The summed E-state index contributed by atoms with van der Waals surface area (Å²) in [4.78, 5) is 0. The van der Waals surface area contributed by atoms with Crippen LogP contribution in [0, 0.1) is 5.92 Å². The smallest absolute Gasteiger partial charge is 0.187 e. The summed E-state index contributed by atoms with van der Waals surface area (Å²) in [5, 5.41) is 135. The highest BCUT2D eigenvalue weighted by Gasteiger charge is 2.58. The molecule has 4 aliphatic heterocycles. The molecular weight excluding hydrogens is 632 g/mol. The molecule has 4 rings (SSSR count). The van der Waals surface area contributed by atoms with E-state index < -0.39 is 149 Å². The molecule has 0 aromatic heterocycles. The minimum atomic E-state index is -1.99. The summed E-state index contributed by atoms with van der Waals surface area (Å²) < 4.78 is 39.1. The van der Waals surface area contributed by atoms with Gasteiger partial charge in [-0.3, -0.25) is 0 Å². The van der Waals surface area contributed by atoms with Crippen LogP contribution in [0.2, 0.25) is 0 Å². The Bertz CT molecular complexity index is 960. The first-order chi connectivity index (χ1) is 21.6. The average Bonchev–Trinajstić information content (AvgIpc) is 3.04. The first-order valence-electron chi connectivity index (χ1n) is 14.8. The van der Waals surface area contributed by atoms with Gasteiger partial charge in [0.05, 0.1) is 32.5 Å². The summed E-state index contributed by atoms with van der Waals surface area (Å²) in [7, 11) is 0. The largest absolute Gasteiger partial charge is 0.394 e. The summed E-state index contributed by atoms with van der Waals surface area (Å²) in [6, 6.07) is 0. The number of hydrogen-bond donors (Lipinski definition) is 13. The lowest BCUT2D eigenvalue weighted by Gasteiger charge is -2.51. The fourth-order valence-electron chi connectivity index (χ4n) is 5.83. The van der Waals surface area contributed by atoms with Crippen molar-refractivity contribution in [2.75, 3.05) is 26.4 Å². The lowest BCUT2D eigenvalue weighted by Crippen LogP contribution is -2.70. The van der Waals surface area contributed by atoms with Crippen LogP contribution in [0.5, 0.6) is 0 Å². The first kappa shape index (κ1) is 38.0.